The molecule has 2 amide bonds. The fourth-order valence-corrected chi connectivity index (χ4v) is 4.07. The lowest BCUT2D eigenvalue weighted by Gasteiger charge is -2.37. The maximum atomic E-state index is 13.0. The molecule has 0 radical (unpaired) electrons. The highest BCUT2D eigenvalue weighted by Crippen LogP contribution is 2.17. The summed E-state index contributed by atoms with van der Waals surface area (Å²) in [5, 5.41) is 8.32. The molecule has 10 heteroatoms. The van der Waals surface area contributed by atoms with Crippen molar-refractivity contribution in [1.82, 2.24) is 29.7 Å². The predicted octanol–water partition coefficient (Wildman–Crippen LogP) is 2.67. The fourth-order valence-electron chi connectivity index (χ4n) is 2.94. The lowest BCUT2D eigenvalue weighted by molar-refractivity contribution is 0.143. The van der Waals surface area contributed by atoms with Crippen LogP contribution in [0.2, 0.25) is 0 Å². The molecule has 156 valence electrons. The normalized spacial score (nSPS) is 14.2. The van der Waals surface area contributed by atoms with Gasteiger partial charge in [-0.3, -0.25) is 0 Å². The molecule has 2 aromatic rings. The van der Waals surface area contributed by atoms with Crippen LogP contribution in [0.3, 0.4) is 0 Å². The number of hydrogen-bond donors (Lipinski definition) is 0. The molecular weight excluding hydrogens is 411 g/mol. The smallest absolute Gasteiger partial charge is 0.319 e. The second-order valence-electron chi connectivity index (χ2n) is 6.86. The first kappa shape index (κ1) is 21.5. The largest absolute Gasteiger partial charge is 0.354 e. The molecule has 29 heavy (non-hydrogen) atoms. The van der Waals surface area contributed by atoms with E-state index in [1.165, 1.54) is 12.1 Å². The SMILES string of the molecule is CCN(C)C(=O)N1CCN(C(=S)SCc2cn(Cc3ccc(F)cc3)nn2)CC1. The average Bonchev–Trinajstić information content (AvgIpc) is 3.20. The number of amides is 2. The number of nitrogens with zero attached hydrogens (tertiary/aromatic N) is 6. The summed E-state index contributed by atoms with van der Waals surface area (Å²) in [5.41, 5.74) is 1.81. The van der Waals surface area contributed by atoms with Gasteiger partial charge >= 0.3 is 6.03 Å². The van der Waals surface area contributed by atoms with Crippen molar-refractivity contribution in [2.24, 2.45) is 0 Å². The highest BCUT2D eigenvalue weighted by molar-refractivity contribution is 8.22. The molecule has 0 unspecified atom stereocenters. The van der Waals surface area contributed by atoms with E-state index < -0.39 is 0 Å². The molecule has 1 aliphatic rings. The second kappa shape index (κ2) is 10.0. The van der Waals surface area contributed by atoms with Crippen molar-refractivity contribution in [3.8, 4) is 0 Å². The third-order valence-corrected chi connectivity index (χ3v) is 6.35. The number of aromatic nitrogens is 3. The van der Waals surface area contributed by atoms with Crippen LogP contribution >= 0.6 is 24.0 Å². The number of thioether (sulfide) groups is 1. The first-order valence-corrected chi connectivity index (χ1v) is 10.9. The molecule has 0 spiro atoms. The number of urea groups is 1. The molecule has 7 nitrogen and oxygen atoms in total. The van der Waals surface area contributed by atoms with Gasteiger partial charge in [0.15, 0.2) is 0 Å². The van der Waals surface area contributed by atoms with Crippen molar-refractivity contribution in [3.63, 3.8) is 0 Å². The molecule has 1 fully saturated rings. The van der Waals surface area contributed by atoms with E-state index in [1.54, 1.807) is 33.5 Å². The van der Waals surface area contributed by atoms with Crippen LogP contribution in [0, 0.1) is 5.82 Å². The van der Waals surface area contributed by atoms with Gasteiger partial charge in [-0.25, -0.2) is 13.9 Å². The maximum absolute atomic E-state index is 13.0. The van der Waals surface area contributed by atoms with Crippen molar-refractivity contribution in [2.45, 2.75) is 19.2 Å². The van der Waals surface area contributed by atoms with Gasteiger partial charge in [0.05, 0.1) is 12.2 Å². The zero-order valence-electron chi connectivity index (χ0n) is 16.6. The van der Waals surface area contributed by atoms with E-state index in [0.717, 1.165) is 28.7 Å². The molecule has 0 atom stereocenters. The standard InChI is InChI=1S/C19H25FN6OS2/c1-3-23(2)18(27)24-8-10-25(11-9-24)19(28)29-14-17-13-26(22-21-17)12-15-4-6-16(20)7-5-15/h4-7,13H,3,8-12,14H2,1-2H3. The maximum Gasteiger partial charge on any atom is 0.319 e. The number of rotatable bonds is 5. The van der Waals surface area contributed by atoms with E-state index in [1.807, 2.05) is 25.1 Å². The summed E-state index contributed by atoms with van der Waals surface area (Å²) >= 11 is 7.12. The monoisotopic (exact) mass is 436 g/mol. The van der Waals surface area contributed by atoms with Gasteiger partial charge in [0.1, 0.15) is 10.1 Å². The van der Waals surface area contributed by atoms with Crippen molar-refractivity contribution in [1.29, 1.82) is 0 Å². The van der Waals surface area contributed by atoms with Crippen molar-refractivity contribution < 1.29 is 9.18 Å². The molecule has 1 aliphatic heterocycles. The Bertz CT molecular complexity index is 835. The first-order valence-electron chi connectivity index (χ1n) is 9.51. The average molecular weight is 437 g/mol. The van der Waals surface area contributed by atoms with Gasteiger partial charge in [0.25, 0.3) is 0 Å². The highest BCUT2D eigenvalue weighted by Gasteiger charge is 2.24. The Hall–Kier alpha value is -2.20. The molecule has 0 saturated carbocycles. The molecular formula is C19H25FN6OS2. The Morgan fingerprint density at radius 1 is 1.21 bits per heavy atom. The van der Waals surface area contributed by atoms with Gasteiger partial charge in [-0.05, 0) is 24.6 Å². The van der Waals surface area contributed by atoms with Crippen LogP contribution in [-0.2, 0) is 12.3 Å². The van der Waals surface area contributed by atoms with Gasteiger partial charge in [0.2, 0.25) is 0 Å². The lowest BCUT2D eigenvalue weighted by atomic mass is 10.2. The van der Waals surface area contributed by atoms with E-state index in [0.29, 0.717) is 31.9 Å². The van der Waals surface area contributed by atoms with Crippen LogP contribution in [0.5, 0.6) is 0 Å². The van der Waals surface area contributed by atoms with Crippen molar-refractivity contribution in [3.05, 3.63) is 47.5 Å². The summed E-state index contributed by atoms with van der Waals surface area (Å²) in [4.78, 5) is 18.0. The molecule has 0 N–H and O–H groups in total. The number of piperazine rings is 1. The summed E-state index contributed by atoms with van der Waals surface area (Å²) < 4.78 is 15.5. The molecule has 2 heterocycles. The summed E-state index contributed by atoms with van der Waals surface area (Å²) in [6.07, 6.45) is 1.89. The highest BCUT2D eigenvalue weighted by atomic mass is 32.2. The minimum Gasteiger partial charge on any atom is -0.354 e. The Morgan fingerprint density at radius 3 is 2.52 bits per heavy atom. The zero-order chi connectivity index (χ0) is 20.8. The zero-order valence-corrected chi connectivity index (χ0v) is 18.3. The Morgan fingerprint density at radius 2 is 1.86 bits per heavy atom. The molecule has 0 bridgehead atoms. The quantitative estimate of drug-likeness (QED) is 0.672. The lowest BCUT2D eigenvalue weighted by Crippen LogP contribution is -2.52. The second-order valence-corrected chi connectivity index (χ2v) is 8.47. The van der Waals surface area contributed by atoms with E-state index in [4.69, 9.17) is 12.2 Å². The van der Waals surface area contributed by atoms with E-state index >= 15 is 0 Å². The summed E-state index contributed by atoms with van der Waals surface area (Å²) in [6, 6.07) is 6.43. The summed E-state index contributed by atoms with van der Waals surface area (Å²) in [6.45, 7) is 6.06. The van der Waals surface area contributed by atoms with Gasteiger partial charge in [-0.2, -0.15) is 0 Å². The third-order valence-electron chi connectivity index (χ3n) is 4.80. The number of halogens is 1. The van der Waals surface area contributed by atoms with Crippen molar-refractivity contribution >= 4 is 34.3 Å². The number of carbonyl (C=O) groups is 1. The predicted molar refractivity (Wildman–Crippen MR) is 116 cm³/mol. The van der Waals surface area contributed by atoms with Crippen LogP contribution < -0.4 is 0 Å². The summed E-state index contributed by atoms with van der Waals surface area (Å²) in [7, 11) is 1.82. The topological polar surface area (TPSA) is 57.5 Å². The van der Waals surface area contributed by atoms with Crippen LogP contribution in [0.15, 0.2) is 30.5 Å². The number of benzene rings is 1. The van der Waals surface area contributed by atoms with Crippen LogP contribution in [-0.4, -0.2) is 79.8 Å². The Kier molecular flexibility index (Phi) is 7.43. The van der Waals surface area contributed by atoms with Gasteiger partial charge in [0, 0.05) is 51.7 Å². The Balaban J connectivity index is 1.44. The molecule has 3 rings (SSSR count). The minimum absolute atomic E-state index is 0.0727. The van der Waals surface area contributed by atoms with E-state index in [2.05, 4.69) is 15.2 Å². The van der Waals surface area contributed by atoms with Gasteiger partial charge in [-0.15, -0.1) is 5.10 Å². The van der Waals surface area contributed by atoms with Crippen LogP contribution in [0.4, 0.5) is 9.18 Å². The molecule has 1 aromatic heterocycles. The number of hydrogen-bond acceptors (Lipinski definition) is 5. The molecule has 0 aliphatic carbocycles. The van der Waals surface area contributed by atoms with E-state index in [9.17, 15) is 9.18 Å². The third kappa shape index (κ3) is 5.89. The van der Waals surface area contributed by atoms with E-state index in [-0.39, 0.29) is 11.8 Å². The first-order chi connectivity index (χ1) is 14.0. The molecule has 1 aromatic carbocycles. The van der Waals surface area contributed by atoms with Crippen LogP contribution in [0.1, 0.15) is 18.2 Å². The number of carbonyl (C=O) groups excluding carboxylic acids is 1. The van der Waals surface area contributed by atoms with Crippen LogP contribution in [0.25, 0.3) is 0 Å². The molecule has 1 saturated heterocycles. The Labute approximate surface area is 179 Å². The number of thiocarbonyl (C=S) groups is 1. The fraction of sp³-hybridized carbons (Fsp3) is 0.474. The van der Waals surface area contributed by atoms with Crippen molar-refractivity contribution in [2.75, 3.05) is 39.8 Å². The van der Waals surface area contributed by atoms with Gasteiger partial charge < -0.3 is 14.7 Å². The summed E-state index contributed by atoms with van der Waals surface area (Å²) in [5.74, 6) is 0.389. The van der Waals surface area contributed by atoms with Gasteiger partial charge in [-0.1, -0.05) is 41.3 Å². The minimum atomic E-state index is -0.250.